The molecule has 0 saturated heterocycles. The maximum Gasteiger partial charge on any atom is 0.252 e. The normalized spacial score (nSPS) is 16.9. The number of fused-ring (bicyclic) bond motifs is 2. The summed E-state index contributed by atoms with van der Waals surface area (Å²) in [6.45, 7) is 3.70. The Morgan fingerprint density at radius 1 is 1.05 bits per heavy atom. The summed E-state index contributed by atoms with van der Waals surface area (Å²) in [6, 6.07) is 14.6. The summed E-state index contributed by atoms with van der Waals surface area (Å²) >= 11 is 0. The van der Waals surface area contributed by atoms with Crippen molar-refractivity contribution < 1.29 is 14.0 Å². The molecule has 0 bridgehead atoms. The second-order valence-electron chi connectivity index (χ2n) is 12.1. The van der Waals surface area contributed by atoms with Crippen molar-refractivity contribution in [2.45, 2.75) is 70.4 Å². The third-order valence-electron chi connectivity index (χ3n) is 9.41. The molecule has 2 aliphatic carbocycles. The molecule has 5 aromatic rings. The van der Waals surface area contributed by atoms with Crippen LogP contribution in [0, 0.1) is 6.92 Å². The first-order valence-electron chi connectivity index (χ1n) is 15.0. The van der Waals surface area contributed by atoms with Gasteiger partial charge in [-0.3, -0.25) is 9.59 Å². The fourth-order valence-electron chi connectivity index (χ4n) is 7.09. The largest absolute Gasteiger partial charge is 0.472 e. The molecule has 1 N–H and O–H groups in total. The summed E-state index contributed by atoms with van der Waals surface area (Å²) in [5.41, 5.74) is 7.58. The lowest BCUT2D eigenvalue weighted by atomic mass is 9.75. The molecule has 7 heteroatoms. The number of allylic oxidation sites excluding steroid dienone is 1. The number of aryl methyl sites for hydroxylation is 2. The fourth-order valence-corrected chi connectivity index (χ4v) is 7.09. The van der Waals surface area contributed by atoms with Crippen LogP contribution in [0.3, 0.4) is 0 Å². The summed E-state index contributed by atoms with van der Waals surface area (Å²) in [6.07, 6.45) is 14.5. The molecule has 2 saturated carbocycles. The van der Waals surface area contributed by atoms with Gasteiger partial charge in [0, 0.05) is 35.1 Å². The number of nitrogens with zero attached hydrogens (tertiary/aromatic N) is 3. The second kappa shape index (κ2) is 10.2. The number of imidazole rings is 1. The van der Waals surface area contributed by atoms with E-state index in [1.165, 1.54) is 42.5 Å². The van der Waals surface area contributed by atoms with Crippen LogP contribution in [0.25, 0.3) is 39.3 Å². The summed E-state index contributed by atoms with van der Waals surface area (Å²) in [4.78, 5) is 30.3. The molecule has 0 radical (unpaired) electrons. The van der Waals surface area contributed by atoms with E-state index in [9.17, 15) is 9.59 Å². The van der Waals surface area contributed by atoms with E-state index < -0.39 is 5.54 Å². The number of amides is 1. The van der Waals surface area contributed by atoms with Crippen molar-refractivity contribution in [2.24, 2.45) is 7.05 Å². The highest BCUT2D eigenvalue weighted by Crippen LogP contribution is 2.43. The number of rotatable bonds is 7. The molecule has 7 nitrogen and oxygen atoms in total. The highest BCUT2D eigenvalue weighted by Gasteiger charge is 2.44. The van der Waals surface area contributed by atoms with Crippen molar-refractivity contribution >= 4 is 39.7 Å². The van der Waals surface area contributed by atoms with Gasteiger partial charge in [-0.1, -0.05) is 25.0 Å². The lowest BCUT2D eigenvalue weighted by Crippen LogP contribution is -2.52. The molecule has 2 aromatic carbocycles. The predicted octanol–water partition coefficient (Wildman–Crippen LogP) is 7.62. The van der Waals surface area contributed by atoms with Gasteiger partial charge in [0.2, 0.25) is 0 Å². The average Bonchev–Trinajstić information content (AvgIpc) is 3.77. The highest BCUT2D eigenvalue weighted by molar-refractivity contribution is 6.01. The third-order valence-corrected chi connectivity index (χ3v) is 9.41. The Morgan fingerprint density at radius 2 is 1.86 bits per heavy atom. The van der Waals surface area contributed by atoms with Crippen LogP contribution in [-0.2, 0) is 17.4 Å². The van der Waals surface area contributed by atoms with Crippen LogP contribution in [0.4, 0.5) is 0 Å². The molecule has 42 heavy (non-hydrogen) atoms. The Balaban J connectivity index is 1.24. The van der Waals surface area contributed by atoms with Gasteiger partial charge in [0.1, 0.15) is 5.82 Å². The predicted molar refractivity (Wildman–Crippen MR) is 165 cm³/mol. The van der Waals surface area contributed by atoms with Gasteiger partial charge in [-0.25, -0.2) is 4.98 Å². The van der Waals surface area contributed by atoms with E-state index in [2.05, 4.69) is 33.5 Å². The molecule has 0 atom stereocenters. The molecule has 0 unspecified atom stereocenters. The molecule has 0 aliphatic heterocycles. The van der Waals surface area contributed by atoms with Crippen molar-refractivity contribution in [3.8, 4) is 11.3 Å². The molecule has 7 rings (SSSR count). The number of benzene rings is 2. The van der Waals surface area contributed by atoms with Gasteiger partial charge in [0.25, 0.3) is 5.91 Å². The van der Waals surface area contributed by atoms with Gasteiger partial charge in [-0.2, -0.15) is 0 Å². The van der Waals surface area contributed by atoms with Crippen molar-refractivity contribution in [1.29, 1.82) is 0 Å². The van der Waals surface area contributed by atoms with E-state index in [4.69, 9.17) is 9.40 Å². The summed E-state index contributed by atoms with van der Waals surface area (Å²) in [7, 11) is 2.01. The van der Waals surface area contributed by atoms with Gasteiger partial charge in [0.15, 0.2) is 5.78 Å². The third kappa shape index (κ3) is 4.30. The van der Waals surface area contributed by atoms with Gasteiger partial charge in [-0.15, -0.1) is 0 Å². The molecule has 2 fully saturated rings. The van der Waals surface area contributed by atoms with E-state index in [0.717, 1.165) is 52.6 Å². The average molecular weight is 561 g/mol. The quantitative estimate of drug-likeness (QED) is 0.208. The van der Waals surface area contributed by atoms with Gasteiger partial charge < -0.3 is 18.9 Å². The zero-order valence-corrected chi connectivity index (χ0v) is 24.4. The highest BCUT2D eigenvalue weighted by atomic mass is 16.3. The molecule has 2 aliphatic rings. The first kappa shape index (κ1) is 26.5. The maximum atomic E-state index is 13.9. The molecular weight excluding hydrogens is 524 g/mol. The van der Waals surface area contributed by atoms with E-state index in [0.29, 0.717) is 11.6 Å². The van der Waals surface area contributed by atoms with Crippen LogP contribution in [0.15, 0.2) is 65.5 Å². The fraction of sp³-hybridized carbons (Fsp3) is 0.343. The Bertz CT molecular complexity index is 1860. The minimum Gasteiger partial charge on any atom is -0.472 e. The summed E-state index contributed by atoms with van der Waals surface area (Å²) in [5, 5.41) is 4.52. The smallest absolute Gasteiger partial charge is 0.252 e. The molecule has 1 amide bonds. The minimum absolute atomic E-state index is 0.0121. The molecule has 0 spiro atoms. The van der Waals surface area contributed by atoms with Crippen molar-refractivity contribution in [3.05, 3.63) is 83.6 Å². The van der Waals surface area contributed by atoms with Crippen molar-refractivity contribution in [1.82, 2.24) is 19.4 Å². The number of hydrogen-bond acceptors (Lipinski definition) is 4. The van der Waals surface area contributed by atoms with Gasteiger partial charge in [-0.05, 0) is 99.6 Å². The maximum absolute atomic E-state index is 13.9. The van der Waals surface area contributed by atoms with Crippen LogP contribution in [-0.4, -0.2) is 25.8 Å². The number of carbonyl (C=O) groups excluding carboxylic acids is 2. The van der Waals surface area contributed by atoms with Gasteiger partial charge >= 0.3 is 0 Å². The number of aromatic nitrogens is 3. The first-order chi connectivity index (χ1) is 20.3. The Kier molecular flexibility index (Phi) is 6.41. The lowest BCUT2D eigenvalue weighted by molar-refractivity contribution is -0.112. The molecule has 214 valence electrons. The molecule has 3 aromatic heterocycles. The van der Waals surface area contributed by atoms with E-state index >= 15 is 0 Å². The Labute approximate surface area is 245 Å². The number of furan rings is 1. The Hall–Kier alpha value is -4.39. The number of nitrogens with one attached hydrogen (secondary N) is 1. The zero-order valence-electron chi connectivity index (χ0n) is 24.4. The zero-order chi connectivity index (χ0) is 29.0. The minimum atomic E-state index is -0.512. The first-order valence-corrected chi connectivity index (χ1v) is 15.0. The number of ketones is 1. The monoisotopic (exact) mass is 560 g/mol. The van der Waals surface area contributed by atoms with Crippen molar-refractivity contribution in [3.63, 3.8) is 0 Å². The summed E-state index contributed by atoms with van der Waals surface area (Å²) < 4.78 is 10.0. The summed E-state index contributed by atoms with van der Waals surface area (Å²) in [5.74, 6) is 0.807. The van der Waals surface area contributed by atoms with E-state index in [-0.39, 0.29) is 11.7 Å². The van der Waals surface area contributed by atoms with Crippen molar-refractivity contribution in [2.75, 3.05) is 0 Å². The standard InChI is InChI=1S/C35H36N4O3/c1-22(40)9-10-24-11-13-29-31(19-24)38(3)34(36-29)35(16-6-17-35)37-33(41)25-12-14-30-28(20-25)23(2)32(26-15-18-42-21-26)39(30)27-7-4-5-8-27/h9-15,18-21,27H,4-8,16-17H2,1-3H3,(H,37,41)/b10-9+. The molecule has 3 heterocycles. The Morgan fingerprint density at radius 3 is 2.55 bits per heavy atom. The van der Waals surface area contributed by atoms with Crippen LogP contribution < -0.4 is 5.32 Å². The SMILES string of the molecule is CC(=O)/C=C/c1ccc2nc(C3(NC(=O)c4ccc5c(c4)c(C)c(-c4ccoc4)n5C4CCCC4)CCC3)n(C)c2c1. The number of hydrogen-bond donors (Lipinski definition) is 1. The second-order valence-corrected chi connectivity index (χ2v) is 12.1. The number of carbonyl (C=O) groups is 2. The van der Waals surface area contributed by atoms with Crippen LogP contribution in [0.2, 0.25) is 0 Å². The van der Waals surface area contributed by atoms with Crippen LogP contribution >= 0.6 is 0 Å². The van der Waals surface area contributed by atoms with Crippen LogP contribution in [0.5, 0.6) is 0 Å². The van der Waals surface area contributed by atoms with E-state index in [1.54, 1.807) is 19.3 Å². The van der Waals surface area contributed by atoms with Crippen LogP contribution in [0.1, 0.15) is 85.2 Å². The lowest BCUT2D eigenvalue weighted by Gasteiger charge is -2.41. The topological polar surface area (TPSA) is 82.1 Å². The van der Waals surface area contributed by atoms with E-state index in [1.807, 2.05) is 49.7 Å². The van der Waals surface area contributed by atoms with Gasteiger partial charge in [0.05, 0.1) is 34.8 Å². The molecular formula is C35H36N4O3.